The predicted octanol–water partition coefficient (Wildman–Crippen LogP) is 6.30. The molecule has 0 aliphatic carbocycles. The number of benzene rings is 3. The van der Waals surface area contributed by atoms with Crippen LogP contribution in [0.25, 0.3) is 11.0 Å². The minimum Gasteiger partial charge on any atom is -0.497 e. The smallest absolute Gasteiger partial charge is 0.196 e. The van der Waals surface area contributed by atoms with Gasteiger partial charge in [0.2, 0.25) is 0 Å². The second-order valence-electron chi connectivity index (χ2n) is 9.85. The zero-order valence-electron chi connectivity index (χ0n) is 21.6. The molecule has 0 N–H and O–H groups in total. The molecule has 37 heavy (non-hydrogen) atoms. The van der Waals surface area contributed by atoms with Gasteiger partial charge in [-0.15, -0.1) is 0 Å². The average Bonchev–Trinajstić information content (AvgIpc) is 3.37. The number of fused-ring (bicyclic) bond motifs is 1. The van der Waals surface area contributed by atoms with Crippen molar-refractivity contribution in [3.8, 4) is 5.75 Å². The molecule has 3 aromatic carbocycles. The van der Waals surface area contributed by atoms with Crippen LogP contribution < -0.4 is 10.2 Å². The SMILES string of the molecule is COc1cccc(Cc2c(C(C(C)C)N3CCN=C3c3ccc(C)c(F)c3)oc3ccccc3c2=O)c1. The summed E-state index contributed by atoms with van der Waals surface area (Å²) in [4.78, 5) is 20.8. The number of aryl methyl sites for hydroxylation is 1. The molecule has 0 amide bonds. The molecular formula is C31H31FN2O3. The fraction of sp³-hybridized carbons (Fsp3) is 0.290. The van der Waals surface area contributed by atoms with Crippen molar-refractivity contribution in [2.45, 2.75) is 33.2 Å². The molecule has 1 atom stereocenters. The molecule has 0 saturated carbocycles. The van der Waals surface area contributed by atoms with E-state index in [1.54, 1.807) is 20.1 Å². The lowest BCUT2D eigenvalue weighted by atomic mass is 9.92. The van der Waals surface area contributed by atoms with Crippen LogP contribution in [-0.2, 0) is 6.42 Å². The van der Waals surface area contributed by atoms with Crippen LogP contribution in [0.5, 0.6) is 5.75 Å². The van der Waals surface area contributed by atoms with E-state index in [4.69, 9.17) is 14.1 Å². The van der Waals surface area contributed by atoms with Crippen LogP contribution in [0.3, 0.4) is 0 Å². The number of amidine groups is 1. The summed E-state index contributed by atoms with van der Waals surface area (Å²) in [6, 6.07) is 20.1. The molecule has 0 radical (unpaired) electrons. The van der Waals surface area contributed by atoms with Gasteiger partial charge in [-0.25, -0.2) is 4.39 Å². The molecule has 1 aliphatic heterocycles. The summed E-state index contributed by atoms with van der Waals surface area (Å²) >= 11 is 0. The first-order valence-electron chi connectivity index (χ1n) is 12.6. The number of aliphatic imine (C=N–C) groups is 1. The van der Waals surface area contributed by atoms with Gasteiger partial charge in [-0.3, -0.25) is 9.79 Å². The fourth-order valence-electron chi connectivity index (χ4n) is 5.11. The Hall–Kier alpha value is -3.93. The Morgan fingerprint density at radius 1 is 1.08 bits per heavy atom. The molecule has 1 aliphatic rings. The number of hydrogen-bond donors (Lipinski definition) is 0. The maximum atomic E-state index is 14.5. The molecular weight excluding hydrogens is 467 g/mol. The van der Waals surface area contributed by atoms with Crippen LogP contribution in [-0.4, -0.2) is 30.9 Å². The third kappa shape index (κ3) is 4.76. The summed E-state index contributed by atoms with van der Waals surface area (Å²) in [6.45, 7) is 7.22. The number of para-hydroxylation sites is 1. The van der Waals surface area contributed by atoms with Crippen molar-refractivity contribution in [1.29, 1.82) is 0 Å². The maximum Gasteiger partial charge on any atom is 0.196 e. The summed E-state index contributed by atoms with van der Waals surface area (Å²) in [5.74, 6) is 1.92. The van der Waals surface area contributed by atoms with Gasteiger partial charge in [0, 0.05) is 24.1 Å². The summed E-state index contributed by atoms with van der Waals surface area (Å²) < 4.78 is 26.5. The molecule has 0 fully saturated rings. The van der Waals surface area contributed by atoms with Gasteiger partial charge in [0.15, 0.2) is 5.43 Å². The lowest BCUT2D eigenvalue weighted by Crippen LogP contribution is -2.37. The zero-order chi connectivity index (χ0) is 26.1. The number of ether oxygens (including phenoxy) is 1. The van der Waals surface area contributed by atoms with Gasteiger partial charge in [0.1, 0.15) is 28.7 Å². The second kappa shape index (κ2) is 10.2. The lowest BCUT2D eigenvalue weighted by molar-refractivity contribution is 0.232. The largest absolute Gasteiger partial charge is 0.497 e. The van der Waals surface area contributed by atoms with Gasteiger partial charge in [0.25, 0.3) is 0 Å². The maximum absolute atomic E-state index is 14.5. The Labute approximate surface area is 216 Å². The fourth-order valence-corrected chi connectivity index (χ4v) is 5.11. The van der Waals surface area contributed by atoms with Gasteiger partial charge in [-0.05, 0) is 54.3 Å². The third-order valence-corrected chi connectivity index (χ3v) is 6.98. The summed E-state index contributed by atoms with van der Waals surface area (Å²) in [5.41, 5.74) is 3.42. The third-order valence-electron chi connectivity index (χ3n) is 6.98. The van der Waals surface area contributed by atoms with E-state index >= 15 is 0 Å². The van der Waals surface area contributed by atoms with Gasteiger partial charge in [0.05, 0.1) is 25.1 Å². The first-order valence-corrected chi connectivity index (χ1v) is 12.6. The van der Waals surface area contributed by atoms with Gasteiger partial charge >= 0.3 is 0 Å². The highest BCUT2D eigenvalue weighted by Crippen LogP contribution is 2.36. The molecule has 5 rings (SSSR count). The van der Waals surface area contributed by atoms with Crippen molar-refractivity contribution in [3.05, 3.63) is 111 Å². The van der Waals surface area contributed by atoms with E-state index < -0.39 is 0 Å². The Bertz CT molecular complexity index is 1540. The minimum atomic E-state index is -0.261. The average molecular weight is 499 g/mol. The van der Waals surface area contributed by atoms with Crippen molar-refractivity contribution in [2.24, 2.45) is 10.9 Å². The second-order valence-corrected chi connectivity index (χ2v) is 9.85. The molecule has 2 heterocycles. The normalized spacial score (nSPS) is 14.3. The molecule has 4 aromatic rings. The Balaban J connectivity index is 1.67. The molecule has 0 bridgehead atoms. The van der Waals surface area contributed by atoms with Crippen LogP contribution >= 0.6 is 0 Å². The highest BCUT2D eigenvalue weighted by Gasteiger charge is 2.34. The van der Waals surface area contributed by atoms with E-state index in [0.29, 0.717) is 47.4 Å². The summed E-state index contributed by atoms with van der Waals surface area (Å²) in [6.07, 6.45) is 0.405. The van der Waals surface area contributed by atoms with Crippen LogP contribution in [0.1, 0.15) is 47.9 Å². The summed E-state index contributed by atoms with van der Waals surface area (Å²) in [5, 5.41) is 0.558. The number of methoxy groups -OCH3 is 1. The van der Waals surface area contributed by atoms with Crippen LogP contribution in [0, 0.1) is 18.7 Å². The Kier molecular flexibility index (Phi) is 6.83. The molecule has 1 unspecified atom stereocenters. The van der Waals surface area contributed by atoms with Crippen molar-refractivity contribution in [1.82, 2.24) is 4.90 Å². The monoisotopic (exact) mass is 498 g/mol. The van der Waals surface area contributed by atoms with Crippen molar-refractivity contribution >= 4 is 16.8 Å². The first-order chi connectivity index (χ1) is 17.9. The first kappa shape index (κ1) is 24.8. The number of hydrogen-bond acceptors (Lipinski definition) is 5. The van der Waals surface area contributed by atoms with E-state index in [1.165, 1.54) is 6.07 Å². The molecule has 1 aromatic heterocycles. The molecule has 6 heteroatoms. The standard InChI is InChI=1S/C31H31FN2O3/c1-19(2)28(34-15-14-33-31(34)22-13-12-20(3)26(32)18-22)30-25(17-21-8-7-9-23(16-21)36-4)29(35)24-10-5-6-11-27(24)37-30/h5-13,16,18-19,28H,14-15,17H2,1-4H3. The quantitative estimate of drug-likeness (QED) is 0.300. The Morgan fingerprint density at radius 3 is 2.65 bits per heavy atom. The highest BCUT2D eigenvalue weighted by molar-refractivity contribution is 6.00. The van der Waals surface area contributed by atoms with Crippen LogP contribution in [0.2, 0.25) is 0 Å². The minimum absolute atomic E-state index is 0.0376. The van der Waals surface area contributed by atoms with Gasteiger partial charge in [-0.1, -0.05) is 50.2 Å². The Morgan fingerprint density at radius 2 is 1.89 bits per heavy atom. The van der Waals surface area contributed by atoms with Crippen LogP contribution in [0.4, 0.5) is 4.39 Å². The predicted molar refractivity (Wildman–Crippen MR) is 145 cm³/mol. The highest BCUT2D eigenvalue weighted by atomic mass is 19.1. The number of nitrogens with zero attached hydrogens (tertiary/aromatic N) is 2. The van der Waals surface area contributed by atoms with Gasteiger partial charge in [-0.2, -0.15) is 0 Å². The van der Waals surface area contributed by atoms with E-state index in [-0.39, 0.29) is 23.2 Å². The number of halogens is 1. The lowest BCUT2D eigenvalue weighted by Gasteiger charge is -2.34. The molecule has 5 nitrogen and oxygen atoms in total. The van der Waals surface area contributed by atoms with E-state index in [2.05, 4.69) is 18.7 Å². The molecule has 190 valence electrons. The van der Waals surface area contributed by atoms with E-state index in [0.717, 1.165) is 22.7 Å². The van der Waals surface area contributed by atoms with Crippen LogP contribution in [0.15, 0.2) is 80.9 Å². The topological polar surface area (TPSA) is 55.0 Å². The van der Waals surface area contributed by atoms with E-state index in [1.807, 2.05) is 54.6 Å². The van der Waals surface area contributed by atoms with Crippen molar-refractivity contribution in [2.75, 3.05) is 20.2 Å². The molecule has 0 spiro atoms. The molecule has 0 saturated heterocycles. The van der Waals surface area contributed by atoms with E-state index in [9.17, 15) is 9.18 Å². The van der Waals surface area contributed by atoms with Crippen molar-refractivity contribution in [3.63, 3.8) is 0 Å². The van der Waals surface area contributed by atoms with Gasteiger partial charge < -0.3 is 14.1 Å². The van der Waals surface area contributed by atoms with Crippen molar-refractivity contribution < 1.29 is 13.5 Å². The zero-order valence-corrected chi connectivity index (χ0v) is 21.6. The number of rotatable bonds is 7. The summed E-state index contributed by atoms with van der Waals surface area (Å²) in [7, 11) is 1.63.